The van der Waals surface area contributed by atoms with Gasteiger partial charge in [0.05, 0.1) is 0 Å². The Morgan fingerprint density at radius 2 is 1.60 bits per heavy atom. The molecule has 78 valence electrons. The van der Waals surface area contributed by atoms with Crippen LogP contribution in [0.15, 0.2) is 49.6 Å². The zero-order valence-electron chi connectivity index (χ0n) is 8.70. The molecule has 0 heterocycles. The third-order valence-electron chi connectivity index (χ3n) is 1.75. The molecule has 1 aromatic rings. The van der Waals surface area contributed by atoms with Crippen LogP contribution in [-0.4, -0.2) is 6.08 Å². The van der Waals surface area contributed by atoms with Crippen LogP contribution in [0.1, 0.15) is 11.1 Å². The van der Waals surface area contributed by atoms with Gasteiger partial charge in [-0.05, 0) is 24.0 Å². The molecule has 1 rings (SSSR count). The molecule has 0 saturated heterocycles. The van der Waals surface area contributed by atoms with Crippen LogP contribution in [0.2, 0.25) is 0 Å². The van der Waals surface area contributed by atoms with Crippen LogP contribution in [0, 0.1) is 5.41 Å². The van der Waals surface area contributed by atoms with Crippen molar-refractivity contribution in [2.75, 3.05) is 0 Å². The topological polar surface area (TPSA) is 40.9 Å². The third-order valence-corrected chi connectivity index (χ3v) is 1.75. The zero-order chi connectivity index (χ0) is 11.5. The molecule has 15 heavy (non-hydrogen) atoms. The molecule has 0 fully saturated rings. The molecule has 2 heteroatoms. The Morgan fingerprint density at radius 3 is 1.93 bits per heavy atom. The van der Waals surface area contributed by atoms with Gasteiger partial charge in [-0.25, -0.2) is 10.2 Å². The van der Waals surface area contributed by atoms with E-state index in [1.807, 2.05) is 12.2 Å². The summed E-state index contributed by atoms with van der Waals surface area (Å²) < 4.78 is 0. The van der Waals surface area contributed by atoms with E-state index in [4.69, 9.17) is 10.2 Å². The summed E-state index contributed by atoms with van der Waals surface area (Å²) >= 11 is 0. The molecule has 0 bridgehead atoms. The summed E-state index contributed by atoms with van der Waals surface area (Å²) in [7, 11) is 0. The van der Waals surface area contributed by atoms with Gasteiger partial charge in [0.2, 0.25) is 6.08 Å². The monoisotopic (exact) mass is 201 g/mol. The second kappa shape index (κ2) is 8.67. The van der Waals surface area contributed by atoms with Crippen LogP contribution >= 0.6 is 0 Å². The molecule has 0 saturated carbocycles. The summed E-state index contributed by atoms with van der Waals surface area (Å²) in [5, 5.41) is 5.40. The van der Waals surface area contributed by atoms with Gasteiger partial charge in [-0.2, -0.15) is 0 Å². The van der Waals surface area contributed by atoms with E-state index in [9.17, 15) is 0 Å². The first-order chi connectivity index (χ1) is 7.28. The molecule has 0 radical (unpaired) electrons. The fourth-order valence-corrected chi connectivity index (χ4v) is 1.22. The van der Waals surface area contributed by atoms with E-state index in [-0.39, 0.29) is 0 Å². The highest BCUT2D eigenvalue weighted by Crippen LogP contribution is 2.07. The lowest BCUT2D eigenvalue weighted by molar-refractivity contribution is 0.563. The molecular formula is C13H15NO. The number of hydrogen-bond acceptors (Lipinski definition) is 2. The number of benzene rings is 1. The lowest BCUT2D eigenvalue weighted by Gasteiger charge is -1.99. The van der Waals surface area contributed by atoms with E-state index in [0.29, 0.717) is 0 Å². The first-order valence-corrected chi connectivity index (χ1v) is 4.62. The van der Waals surface area contributed by atoms with Crippen LogP contribution in [0.4, 0.5) is 0 Å². The van der Waals surface area contributed by atoms with Crippen molar-refractivity contribution in [3.05, 3.63) is 60.7 Å². The van der Waals surface area contributed by atoms with Crippen LogP contribution in [0.5, 0.6) is 0 Å². The van der Waals surface area contributed by atoms with Crippen molar-refractivity contribution < 1.29 is 4.79 Å². The lowest BCUT2D eigenvalue weighted by Crippen LogP contribution is -1.84. The summed E-state index contributed by atoms with van der Waals surface area (Å²) in [4.78, 5) is 8.35. The van der Waals surface area contributed by atoms with Gasteiger partial charge in [0.15, 0.2) is 0 Å². The first kappa shape index (κ1) is 13.1. The Kier molecular flexibility index (Phi) is 7.56. The summed E-state index contributed by atoms with van der Waals surface area (Å²) in [5.74, 6) is 0. The molecule has 0 atom stereocenters. The van der Waals surface area contributed by atoms with Crippen molar-refractivity contribution in [2.45, 2.75) is 12.8 Å². The van der Waals surface area contributed by atoms with Crippen LogP contribution in [0.3, 0.4) is 0 Å². The molecule has 2 nitrogen and oxygen atoms in total. The van der Waals surface area contributed by atoms with Gasteiger partial charge in [-0.15, -0.1) is 13.2 Å². The number of nitrogens with one attached hydrogen (secondary N) is 1. The molecular weight excluding hydrogens is 186 g/mol. The maximum Gasteiger partial charge on any atom is 0.231 e. The largest absolute Gasteiger partial charge is 0.231 e. The van der Waals surface area contributed by atoms with E-state index in [1.54, 1.807) is 0 Å². The second-order valence-electron chi connectivity index (χ2n) is 2.91. The van der Waals surface area contributed by atoms with E-state index in [1.165, 1.54) is 11.1 Å². The molecule has 1 N–H and O–H groups in total. The van der Waals surface area contributed by atoms with Gasteiger partial charge < -0.3 is 0 Å². The van der Waals surface area contributed by atoms with Crippen molar-refractivity contribution in [3.63, 3.8) is 0 Å². The van der Waals surface area contributed by atoms with Crippen LogP contribution in [0.25, 0.3) is 0 Å². The highest BCUT2D eigenvalue weighted by atomic mass is 16.1. The highest BCUT2D eigenvalue weighted by molar-refractivity contribution is 5.26. The fourth-order valence-electron chi connectivity index (χ4n) is 1.22. The van der Waals surface area contributed by atoms with E-state index in [0.717, 1.165) is 18.9 Å². The second-order valence-corrected chi connectivity index (χ2v) is 2.91. The molecule has 0 aliphatic carbocycles. The Bertz CT molecular complexity index is 324. The average Bonchev–Trinajstić information content (AvgIpc) is 2.20. The molecule has 0 aromatic heterocycles. The molecule has 0 aliphatic rings. The minimum Gasteiger partial charge on any atom is -0.222 e. The minimum absolute atomic E-state index is 0.750. The lowest BCUT2D eigenvalue weighted by atomic mass is 10.1. The summed E-state index contributed by atoms with van der Waals surface area (Å²) in [6, 6.07) is 8.52. The molecule has 0 spiro atoms. The number of rotatable bonds is 4. The number of carbonyl (C=O) groups excluding carboxylic acids is 1. The maximum atomic E-state index is 8.35. The SMILES string of the molecule is C=CCc1cccc(CC=C)c1.N=C=O. The minimum atomic E-state index is 0.750. The standard InChI is InChI=1S/C12H14.CHNO/c1-3-6-11-8-5-9-12(10-11)7-4-2;2-1-3/h3-5,8-10H,1-2,6-7H2;2H. The zero-order valence-corrected chi connectivity index (χ0v) is 8.70. The molecule has 0 aliphatic heterocycles. The quantitative estimate of drug-likeness (QED) is 0.454. The Labute approximate surface area is 90.5 Å². The predicted molar refractivity (Wildman–Crippen MR) is 62.7 cm³/mol. The smallest absolute Gasteiger partial charge is 0.222 e. The average molecular weight is 201 g/mol. The van der Waals surface area contributed by atoms with E-state index >= 15 is 0 Å². The fraction of sp³-hybridized carbons (Fsp3) is 0.154. The summed E-state index contributed by atoms with van der Waals surface area (Å²) in [5.41, 5.74) is 2.65. The molecule has 0 unspecified atom stereocenters. The van der Waals surface area contributed by atoms with Gasteiger partial charge in [-0.3, -0.25) is 0 Å². The van der Waals surface area contributed by atoms with Crippen LogP contribution < -0.4 is 0 Å². The first-order valence-electron chi connectivity index (χ1n) is 4.62. The summed E-state index contributed by atoms with van der Waals surface area (Å²) in [6.07, 6.45) is 6.50. The van der Waals surface area contributed by atoms with Gasteiger partial charge in [0.25, 0.3) is 0 Å². The van der Waals surface area contributed by atoms with Gasteiger partial charge in [0.1, 0.15) is 0 Å². The molecule has 1 aromatic carbocycles. The maximum absolute atomic E-state index is 8.35. The third kappa shape index (κ3) is 6.19. The van der Waals surface area contributed by atoms with Crippen LogP contribution in [-0.2, 0) is 17.6 Å². The molecule has 0 amide bonds. The number of hydrogen-bond donors (Lipinski definition) is 1. The summed E-state index contributed by atoms with van der Waals surface area (Å²) in [6.45, 7) is 7.42. The highest BCUT2D eigenvalue weighted by Gasteiger charge is 1.91. The van der Waals surface area contributed by atoms with Crippen molar-refractivity contribution in [3.8, 4) is 0 Å². The van der Waals surface area contributed by atoms with Crippen molar-refractivity contribution >= 4 is 6.08 Å². The predicted octanol–water partition coefficient (Wildman–Crippen LogP) is 3.04. The van der Waals surface area contributed by atoms with Crippen molar-refractivity contribution in [1.82, 2.24) is 0 Å². The van der Waals surface area contributed by atoms with Crippen molar-refractivity contribution in [2.24, 2.45) is 0 Å². The van der Waals surface area contributed by atoms with E-state index < -0.39 is 0 Å². The van der Waals surface area contributed by atoms with E-state index in [2.05, 4.69) is 37.4 Å². The number of isocyanates is 1. The Balaban J connectivity index is 0.000000583. The van der Waals surface area contributed by atoms with Gasteiger partial charge >= 0.3 is 0 Å². The van der Waals surface area contributed by atoms with Gasteiger partial charge in [0, 0.05) is 0 Å². The normalized spacial score (nSPS) is 8.00. The van der Waals surface area contributed by atoms with Gasteiger partial charge in [-0.1, -0.05) is 36.4 Å². The Morgan fingerprint density at radius 1 is 1.20 bits per heavy atom. The van der Waals surface area contributed by atoms with Crippen molar-refractivity contribution in [1.29, 1.82) is 5.41 Å². The number of allylic oxidation sites excluding steroid dienone is 2. The Hall–Kier alpha value is -1.92.